The van der Waals surface area contributed by atoms with Crippen LogP contribution in [-0.2, 0) is 5.41 Å². The molecular formula is C61H47NO. The maximum absolute atomic E-state index is 6.63. The van der Waals surface area contributed by atoms with Gasteiger partial charge in [0.15, 0.2) is 0 Å². The third kappa shape index (κ3) is 6.23. The van der Waals surface area contributed by atoms with Crippen molar-refractivity contribution >= 4 is 39.0 Å². The van der Waals surface area contributed by atoms with E-state index in [0.717, 1.165) is 39.0 Å². The largest absolute Gasteiger partial charge is 0.456 e. The van der Waals surface area contributed by atoms with Gasteiger partial charge in [-0.2, -0.15) is 0 Å². The molecule has 1 fully saturated rings. The summed E-state index contributed by atoms with van der Waals surface area (Å²) in [6.45, 7) is 0. The van der Waals surface area contributed by atoms with E-state index in [1.165, 1.54) is 93.3 Å². The lowest BCUT2D eigenvalue weighted by Crippen LogP contribution is -2.28. The van der Waals surface area contributed by atoms with E-state index in [-0.39, 0.29) is 0 Å². The molecular weight excluding hydrogens is 763 g/mol. The minimum atomic E-state index is -0.530. The molecule has 2 aliphatic carbocycles. The molecule has 1 heterocycles. The molecule has 0 amide bonds. The summed E-state index contributed by atoms with van der Waals surface area (Å²) < 4.78 is 6.63. The van der Waals surface area contributed by atoms with E-state index in [4.69, 9.17) is 4.42 Å². The third-order valence-electron chi connectivity index (χ3n) is 14.0. The minimum Gasteiger partial charge on any atom is -0.456 e. The average molecular weight is 810 g/mol. The normalized spacial score (nSPS) is 14.4. The van der Waals surface area contributed by atoms with Crippen molar-refractivity contribution in [1.82, 2.24) is 0 Å². The van der Waals surface area contributed by atoms with Crippen LogP contribution in [0.5, 0.6) is 0 Å². The van der Waals surface area contributed by atoms with Gasteiger partial charge < -0.3 is 9.32 Å². The fourth-order valence-corrected chi connectivity index (χ4v) is 11.0. The van der Waals surface area contributed by atoms with Crippen LogP contribution in [0.4, 0.5) is 17.1 Å². The summed E-state index contributed by atoms with van der Waals surface area (Å²) in [6.07, 6.45) is 6.54. The lowest BCUT2D eigenvalue weighted by Gasteiger charge is -2.35. The first-order valence-corrected chi connectivity index (χ1v) is 22.6. The second kappa shape index (κ2) is 15.5. The molecule has 1 saturated carbocycles. The van der Waals surface area contributed by atoms with Crippen LogP contribution in [0.2, 0.25) is 0 Å². The topological polar surface area (TPSA) is 16.4 Å². The van der Waals surface area contributed by atoms with Crippen LogP contribution in [0, 0.1) is 0 Å². The van der Waals surface area contributed by atoms with Gasteiger partial charge in [0.05, 0.1) is 16.5 Å². The van der Waals surface area contributed by atoms with Crippen LogP contribution >= 0.6 is 0 Å². The summed E-state index contributed by atoms with van der Waals surface area (Å²) >= 11 is 0. The highest BCUT2D eigenvalue weighted by Crippen LogP contribution is 2.57. The Kier molecular flexibility index (Phi) is 9.18. The van der Waals surface area contributed by atoms with Crippen molar-refractivity contribution in [3.8, 4) is 33.4 Å². The number of nitrogens with zero attached hydrogens (tertiary/aromatic N) is 1. The molecule has 0 radical (unpaired) electrons. The van der Waals surface area contributed by atoms with E-state index in [9.17, 15) is 0 Å². The van der Waals surface area contributed by atoms with Crippen LogP contribution in [0.3, 0.4) is 0 Å². The minimum absolute atomic E-state index is 0.530. The highest BCUT2D eigenvalue weighted by Gasteiger charge is 2.46. The number of hydrogen-bond acceptors (Lipinski definition) is 2. The van der Waals surface area contributed by atoms with Crippen LogP contribution in [-0.4, -0.2) is 0 Å². The summed E-state index contributed by atoms with van der Waals surface area (Å²) in [5.41, 5.74) is 18.5. The predicted molar refractivity (Wildman–Crippen MR) is 262 cm³/mol. The maximum Gasteiger partial charge on any atom is 0.137 e. The van der Waals surface area contributed by atoms with Gasteiger partial charge in [-0.25, -0.2) is 0 Å². The SMILES string of the molecule is c1ccc(-c2cccc(C3(c4ccc(N(c5ccc(C6CCCCC6)cc5)c5cccc6oc7ccc(-c8ccccc8)cc7c56)cc4)c4ccccc4-c4ccccc43)c2)cc1. The second-order valence-corrected chi connectivity index (χ2v) is 17.4. The number of benzene rings is 9. The zero-order valence-electron chi connectivity index (χ0n) is 35.3. The summed E-state index contributed by atoms with van der Waals surface area (Å²) in [5, 5.41) is 2.22. The second-order valence-electron chi connectivity index (χ2n) is 17.4. The molecule has 0 atom stereocenters. The summed E-state index contributed by atoms with van der Waals surface area (Å²) in [6, 6.07) is 80.6. The molecule has 2 heteroatoms. The van der Waals surface area contributed by atoms with Crippen molar-refractivity contribution in [2.45, 2.75) is 43.4 Å². The van der Waals surface area contributed by atoms with Gasteiger partial charge in [0, 0.05) is 16.8 Å². The van der Waals surface area contributed by atoms with Crippen LogP contribution in [0.25, 0.3) is 55.3 Å². The number of furan rings is 1. The molecule has 12 rings (SSSR count). The smallest absolute Gasteiger partial charge is 0.137 e. The van der Waals surface area contributed by atoms with E-state index in [1.807, 2.05) is 0 Å². The zero-order chi connectivity index (χ0) is 41.7. The van der Waals surface area contributed by atoms with Crippen molar-refractivity contribution in [1.29, 1.82) is 0 Å². The van der Waals surface area contributed by atoms with Crippen molar-refractivity contribution in [2.75, 3.05) is 4.90 Å². The standard InChI is InChI=1S/C61H47NO/c1-4-16-42(17-5-1)45-30-35-50(36-31-45)62(57-28-15-29-59-60(57)54-41-47(32-39-58(54)63-59)44-20-8-3-9-21-44)51-37-33-48(34-38-51)61(49-23-14-22-46(40-49)43-18-6-2-7-19-43)55-26-12-10-24-52(55)53-25-11-13-27-56(53)61/h2-3,6-15,18-42H,1,4-5,16-17H2. The van der Waals surface area contributed by atoms with E-state index < -0.39 is 5.41 Å². The monoisotopic (exact) mass is 809 g/mol. The van der Waals surface area contributed by atoms with Gasteiger partial charge in [0.25, 0.3) is 0 Å². The fraction of sp³-hybridized carbons (Fsp3) is 0.115. The van der Waals surface area contributed by atoms with E-state index in [1.54, 1.807) is 0 Å². The van der Waals surface area contributed by atoms with Crippen molar-refractivity contribution in [3.63, 3.8) is 0 Å². The quantitative estimate of drug-likeness (QED) is 0.152. The van der Waals surface area contributed by atoms with Gasteiger partial charge in [0.2, 0.25) is 0 Å². The molecule has 0 unspecified atom stereocenters. The number of hydrogen-bond donors (Lipinski definition) is 0. The molecule has 302 valence electrons. The predicted octanol–water partition coefficient (Wildman–Crippen LogP) is 16.8. The fourth-order valence-electron chi connectivity index (χ4n) is 11.0. The average Bonchev–Trinajstić information content (AvgIpc) is 3.89. The van der Waals surface area contributed by atoms with Gasteiger partial charge in [-0.05, 0) is 135 Å². The molecule has 63 heavy (non-hydrogen) atoms. The van der Waals surface area contributed by atoms with Gasteiger partial charge in [-0.3, -0.25) is 0 Å². The number of anilines is 3. The zero-order valence-corrected chi connectivity index (χ0v) is 35.3. The van der Waals surface area contributed by atoms with E-state index >= 15 is 0 Å². The molecule has 0 spiro atoms. The Hall–Kier alpha value is -7.42. The summed E-state index contributed by atoms with van der Waals surface area (Å²) in [7, 11) is 0. The van der Waals surface area contributed by atoms with Gasteiger partial charge >= 0.3 is 0 Å². The molecule has 1 aromatic heterocycles. The Labute approximate surface area is 369 Å². The first-order chi connectivity index (χ1) is 31.2. The summed E-state index contributed by atoms with van der Waals surface area (Å²) in [5.74, 6) is 0.631. The Morgan fingerprint density at radius 2 is 0.984 bits per heavy atom. The molecule has 0 saturated heterocycles. The summed E-state index contributed by atoms with van der Waals surface area (Å²) in [4.78, 5) is 2.44. The Morgan fingerprint density at radius 3 is 1.65 bits per heavy atom. The lowest BCUT2D eigenvalue weighted by molar-refractivity contribution is 0.443. The highest BCUT2D eigenvalue weighted by atomic mass is 16.3. The van der Waals surface area contributed by atoms with Gasteiger partial charge in [-0.15, -0.1) is 0 Å². The van der Waals surface area contributed by atoms with Crippen molar-refractivity contribution in [3.05, 3.63) is 246 Å². The molecule has 0 bridgehead atoms. The van der Waals surface area contributed by atoms with Crippen LogP contribution in [0.15, 0.2) is 223 Å². The lowest BCUT2D eigenvalue weighted by atomic mass is 9.67. The van der Waals surface area contributed by atoms with Gasteiger partial charge in [0.1, 0.15) is 11.2 Å². The number of fused-ring (bicyclic) bond motifs is 6. The Bertz CT molecular complexity index is 3200. The number of rotatable bonds is 8. The Balaban J connectivity index is 1.06. The maximum atomic E-state index is 6.63. The molecule has 2 nitrogen and oxygen atoms in total. The molecule has 9 aromatic carbocycles. The molecule has 2 aliphatic rings. The molecule has 0 aliphatic heterocycles. The molecule has 0 N–H and O–H groups in total. The molecule has 10 aromatic rings. The highest BCUT2D eigenvalue weighted by molar-refractivity contribution is 6.14. The third-order valence-corrected chi connectivity index (χ3v) is 14.0. The van der Waals surface area contributed by atoms with Crippen molar-refractivity contribution < 1.29 is 4.42 Å². The van der Waals surface area contributed by atoms with Crippen LogP contribution < -0.4 is 4.90 Å². The van der Waals surface area contributed by atoms with Gasteiger partial charge in [-0.1, -0.05) is 183 Å². The van der Waals surface area contributed by atoms with Crippen molar-refractivity contribution in [2.24, 2.45) is 0 Å². The van der Waals surface area contributed by atoms with E-state index in [2.05, 4.69) is 223 Å². The van der Waals surface area contributed by atoms with Crippen LogP contribution in [0.1, 0.15) is 65.8 Å². The Morgan fingerprint density at radius 1 is 0.413 bits per heavy atom. The van der Waals surface area contributed by atoms with E-state index in [0.29, 0.717) is 5.92 Å². The first-order valence-electron chi connectivity index (χ1n) is 22.6. The first kappa shape index (κ1) is 37.4.